The number of hydrogen-bond donors (Lipinski definition) is 1. The molecule has 3 heterocycles. The fraction of sp³-hybridized carbons (Fsp3) is 0.647. The standard InChI is InChI=1S/C17H25N5O3/c1-17(2)15(24)22(16(25)19-17)9-4-6-14(23)20-8-3-5-13(11-20)21-10-7-18-12-21/h7,10,12-13H,3-6,8-9,11H2,1-2H3,(H,19,25). The molecule has 1 unspecified atom stereocenters. The molecule has 0 spiro atoms. The van der Waals surface area contributed by atoms with E-state index in [0.29, 0.717) is 19.4 Å². The molecule has 25 heavy (non-hydrogen) atoms. The van der Waals surface area contributed by atoms with Gasteiger partial charge in [0.1, 0.15) is 5.54 Å². The van der Waals surface area contributed by atoms with Crippen LogP contribution in [0.1, 0.15) is 45.6 Å². The van der Waals surface area contributed by atoms with Gasteiger partial charge in [0.25, 0.3) is 5.91 Å². The van der Waals surface area contributed by atoms with Crippen molar-refractivity contribution in [2.24, 2.45) is 0 Å². The number of imidazole rings is 1. The highest BCUT2D eigenvalue weighted by molar-refractivity contribution is 6.06. The summed E-state index contributed by atoms with van der Waals surface area (Å²) < 4.78 is 2.05. The summed E-state index contributed by atoms with van der Waals surface area (Å²) in [6, 6.07) is -0.104. The van der Waals surface area contributed by atoms with E-state index in [2.05, 4.69) is 14.9 Å². The monoisotopic (exact) mass is 347 g/mol. The van der Waals surface area contributed by atoms with Crippen molar-refractivity contribution in [3.8, 4) is 0 Å². The minimum Gasteiger partial charge on any atom is -0.341 e. The molecule has 1 aromatic rings. The van der Waals surface area contributed by atoms with Gasteiger partial charge in [-0.25, -0.2) is 9.78 Å². The number of carbonyl (C=O) groups excluding carboxylic acids is 3. The van der Waals surface area contributed by atoms with E-state index in [4.69, 9.17) is 0 Å². The van der Waals surface area contributed by atoms with Crippen LogP contribution in [0.3, 0.4) is 0 Å². The molecule has 8 heteroatoms. The second-order valence-corrected chi connectivity index (χ2v) is 7.26. The lowest BCUT2D eigenvalue weighted by Crippen LogP contribution is -2.41. The first-order valence-corrected chi connectivity index (χ1v) is 8.78. The molecule has 1 aromatic heterocycles. The third-order valence-electron chi connectivity index (χ3n) is 4.91. The molecule has 3 rings (SSSR count). The lowest BCUT2D eigenvalue weighted by Gasteiger charge is -2.33. The van der Waals surface area contributed by atoms with Crippen molar-refractivity contribution >= 4 is 17.8 Å². The van der Waals surface area contributed by atoms with E-state index in [-0.39, 0.29) is 30.4 Å². The Morgan fingerprint density at radius 3 is 2.84 bits per heavy atom. The number of rotatable bonds is 5. The molecule has 0 saturated carbocycles. The first-order chi connectivity index (χ1) is 11.9. The molecule has 8 nitrogen and oxygen atoms in total. The van der Waals surface area contributed by atoms with Crippen LogP contribution in [0.15, 0.2) is 18.7 Å². The van der Waals surface area contributed by atoms with Crippen LogP contribution in [0.4, 0.5) is 4.79 Å². The molecule has 136 valence electrons. The molecule has 0 bridgehead atoms. The molecule has 4 amide bonds. The summed E-state index contributed by atoms with van der Waals surface area (Å²) in [6.07, 6.45) is 8.30. The predicted octanol–water partition coefficient (Wildman–Crippen LogP) is 1.16. The summed E-state index contributed by atoms with van der Waals surface area (Å²) in [7, 11) is 0. The molecule has 2 aliphatic rings. The van der Waals surface area contributed by atoms with Gasteiger partial charge >= 0.3 is 6.03 Å². The number of nitrogens with one attached hydrogen (secondary N) is 1. The van der Waals surface area contributed by atoms with Crippen molar-refractivity contribution in [3.63, 3.8) is 0 Å². The van der Waals surface area contributed by atoms with Crippen LogP contribution >= 0.6 is 0 Å². The van der Waals surface area contributed by atoms with Gasteiger partial charge in [-0.3, -0.25) is 14.5 Å². The van der Waals surface area contributed by atoms with Gasteiger partial charge in [-0.1, -0.05) is 0 Å². The average molecular weight is 347 g/mol. The molecular formula is C17H25N5O3. The van der Waals surface area contributed by atoms with E-state index in [1.54, 1.807) is 26.4 Å². The van der Waals surface area contributed by atoms with Gasteiger partial charge in [-0.05, 0) is 33.1 Å². The van der Waals surface area contributed by atoms with E-state index in [9.17, 15) is 14.4 Å². The Balaban J connectivity index is 1.48. The van der Waals surface area contributed by atoms with Gasteiger partial charge in [0.05, 0.1) is 12.4 Å². The molecule has 0 aliphatic carbocycles. The summed E-state index contributed by atoms with van der Waals surface area (Å²) in [5.74, 6) is -0.153. The number of nitrogens with zero attached hydrogens (tertiary/aromatic N) is 4. The van der Waals surface area contributed by atoms with Crippen LogP contribution in [0.5, 0.6) is 0 Å². The Labute approximate surface area is 147 Å². The van der Waals surface area contributed by atoms with Crippen molar-refractivity contribution in [3.05, 3.63) is 18.7 Å². The topological polar surface area (TPSA) is 87.5 Å². The van der Waals surface area contributed by atoms with Crippen molar-refractivity contribution in [1.29, 1.82) is 0 Å². The Bertz CT molecular complexity index is 655. The molecule has 2 fully saturated rings. The van der Waals surface area contributed by atoms with Crippen molar-refractivity contribution < 1.29 is 14.4 Å². The number of hydrogen-bond acceptors (Lipinski definition) is 4. The Hall–Kier alpha value is -2.38. The van der Waals surface area contributed by atoms with Crippen LogP contribution < -0.4 is 5.32 Å². The maximum absolute atomic E-state index is 12.5. The number of amides is 4. The Morgan fingerprint density at radius 1 is 1.40 bits per heavy atom. The van der Waals surface area contributed by atoms with Gasteiger partial charge in [0, 0.05) is 38.4 Å². The minimum atomic E-state index is -0.855. The maximum atomic E-state index is 12.5. The Kier molecular flexibility index (Phi) is 4.78. The molecule has 0 aromatic carbocycles. The molecular weight excluding hydrogens is 322 g/mol. The Morgan fingerprint density at radius 2 is 2.20 bits per heavy atom. The normalized spacial score (nSPS) is 23.0. The molecule has 0 radical (unpaired) electrons. The number of likely N-dealkylation sites (tertiary alicyclic amines) is 1. The van der Waals surface area contributed by atoms with Gasteiger partial charge < -0.3 is 14.8 Å². The average Bonchev–Trinajstić information content (AvgIpc) is 3.17. The number of aromatic nitrogens is 2. The summed E-state index contributed by atoms with van der Waals surface area (Å²) in [6.45, 7) is 5.09. The van der Waals surface area contributed by atoms with Crippen molar-refractivity contribution in [2.45, 2.75) is 51.1 Å². The van der Waals surface area contributed by atoms with E-state index in [1.807, 2.05) is 11.1 Å². The second-order valence-electron chi connectivity index (χ2n) is 7.26. The smallest absolute Gasteiger partial charge is 0.325 e. The van der Waals surface area contributed by atoms with Gasteiger partial charge in [-0.2, -0.15) is 0 Å². The third kappa shape index (κ3) is 3.67. The van der Waals surface area contributed by atoms with Gasteiger partial charge in [0.2, 0.25) is 5.91 Å². The first-order valence-electron chi connectivity index (χ1n) is 8.78. The number of imide groups is 1. The van der Waals surface area contributed by atoms with E-state index < -0.39 is 5.54 Å². The zero-order valence-corrected chi connectivity index (χ0v) is 14.8. The van der Waals surface area contributed by atoms with Crippen LogP contribution in [0.2, 0.25) is 0 Å². The van der Waals surface area contributed by atoms with E-state index in [1.165, 1.54) is 4.90 Å². The number of piperidine rings is 1. The minimum absolute atomic E-state index is 0.0797. The zero-order valence-electron chi connectivity index (χ0n) is 14.8. The largest absolute Gasteiger partial charge is 0.341 e. The summed E-state index contributed by atoms with van der Waals surface area (Å²) in [4.78, 5) is 43.6. The summed E-state index contributed by atoms with van der Waals surface area (Å²) in [5, 5.41) is 2.65. The fourth-order valence-corrected chi connectivity index (χ4v) is 3.48. The van der Waals surface area contributed by atoms with Crippen LogP contribution in [-0.4, -0.2) is 62.4 Å². The molecule has 1 N–H and O–H groups in total. The third-order valence-corrected chi connectivity index (χ3v) is 4.91. The summed E-state index contributed by atoms with van der Waals surface area (Å²) in [5.41, 5.74) is -0.855. The predicted molar refractivity (Wildman–Crippen MR) is 90.6 cm³/mol. The van der Waals surface area contributed by atoms with Crippen molar-refractivity contribution in [2.75, 3.05) is 19.6 Å². The highest BCUT2D eigenvalue weighted by atomic mass is 16.2. The van der Waals surface area contributed by atoms with Crippen molar-refractivity contribution in [1.82, 2.24) is 24.7 Å². The van der Waals surface area contributed by atoms with E-state index in [0.717, 1.165) is 19.4 Å². The fourth-order valence-electron chi connectivity index (χ4n) is 3.48. The second kappa shape index (κ2) is 6.85. The molecule has 1 atom stereocenters. The maximum Gasteiger partial charge on any atom is 0.325 e. The highest BCUT2D eigenvalue weighted by Gasteiger charge is 2.43. The van der Waals surface area contributed by atoms with Crippen LogP contribution in [0.25, 0.3) is 0 Å². The lowest BCUT2D eigenvalue weighted by molar-refractivity contribution is -0.134. The van der Waals surface area contributed by atoms with Gasteiger partial charge in [0.15, 0.2) is 0 Å². The first kappa shape index (κ1) is 17.4. The molecule has 2 aliphatic heterocycles. The SMILES string of the molecule is CC1(C)NC(=O)N(CCCC(=O)N2CCCC(n3ccnc3)C2)C1=O. The lowest BCUT2D eigenvalue weighted by atomic mass is 10.0. The number of carbonyl (C=O) groups is 3. The number of urea groups is 1. The highest BCUT2D eigenvalue weighted by Crippen LogP contribution is 2.22. The quantitative estimate of drug-likeness (QED) is 0.810. The van der Waals surface area contributed by atoms with Crippen LogP contribution in [0, 0.1) is 0 Å². The van der Waals surface area contributed by atoms with Gasteiger partial charge in [-0.15, -0.1) is 0 Å². The molecule has 2 saturated heterocycles. The zero-order chi connectivity index (χ0) is 18.0. The van der Waals surface area contributed by atoms with Crippen LogP contribution in [-0.2, 0) is 9.59 Å². The van der Waals surface area contributed by atoms with E-state index >= 15 is 0 Å². The summed E-state index contributed by atoms with van der Waals surface area (Å²) >= 11 is 0.